The van der Waals surface area contributed by atoms with Crippen LogP contribution < -0.4 is 15.0 Å². The molecule has 0 bridgehead atoms. The normalized spacial score (nSPS) is 18.5. The van der Waals surface area contributed by atoms with Gasteiger partial charge in [0.2, 0.25) is 0 Å². The van der Waals surface area contributed by atoms with Crippen molar-refractivity contribution in [1.82, 2.24) is 9.97 Å². The predicted octanol–water partition coefficient (Wildman–Crippen LogP) is 5.96. The molecule has 1 aliphatic rings. The van der Waals surface area contributed by atoms with Gasteiger partial charge >= 0.3 is 0 Å². The molecule has 1 heterocycles. The Bertz CT molecular complexity index is 1070. The van der Waals surface area contributed by atoms with Gasteiger partial charge in [0.25, 0.3) is 5.91 Å². The largest absolute Gasteiger partial charge is 0.497 e. The van der Waals surface area contributed by atoms with Crippen molar-refractivity contribution in [2.45, 2.75) is 52.4 Å². The van der Waals surface area contributed by atoms with Crippen LogP contribution in [0.2, 0.25) is 0 Å². The van der Waals surface area contributed by atoms with Crippen LogP contribution in [-0.4, -0.2) is 36.1 Å². The Kier molecular flexibility index (Phi) is 6.68. The summed E-state index contributed by atoms with van der Waals surface area (Å²) in [5, 5.41) is 3.13. The molecule has 2 aromatic carbocycles. The molecule has 2 atom stereocenters. The van der Waals surface area contributed by atoms with Crippen LogP contribution in [-0.2, 0) is 0 Å². The molecule has 1 aromatic heterocycles. The van der Waals surface area contributed by atoms with E-state index in [0.717, 1.165) is 53.0 Å². The van der Waals surface area contributed by atoms with Crippen LogP contribution in [0, 0.1) is 5.92 Å². The maximum absolute atomic E-state index is 13.0. The molecule has 0 radical (unpaired) electrons. The molecule has 0 spiro atoms. The van der Waals surface area contributed by atoms with E-state index in [1.807, 2.05) is 6.07 Å². The minimum absolute atomic E-state index is 0.138. The number of carbonyl (C=O) groups is 1. The minimum Gasteiger partial charge on any atom is -0.497 e. The quantitative estimate of drug-likeness (QED) is 0.481. The van der Waals surface area contributed by atoms with Crippen LogP contribution in [0.5, 0.6) is 5.75 Å². The molecule has 1 unspecified atom stereocenters. The van der Waals surface area contributed by atoms with E-state index in [2.05, 4.69) is 42.0 Å². The Morgan fingerprint density at radius 2 is 1.94 bits per heavy atom. The molecule has 1 amide bonds. The number of anilines is 2. The lowest BCUT2D eigenvalue weighted by Gasteiger charge is -2.24. The highest BCUT2D eigenvalue weighted by Crippen LogP contribution is 2.37. The van der Waals surface area contributed by atoms with Crippen molar-refractivity contribution in [1.29, 1.82) is 0 Å². The molecule has 6 heteroatoms. The number of H-pyrrole nitrogens is 1. The maximum atomic E-state index is 13.0. The maximum Gasteiger partial charge on any atom is 0.255 e. The molecule has 3 aromatic rings. The number of imidazole rings is 1. The highest BCUT2D eigenvalue weighted by atomic mass is 16.5. The molecule has 1 saturated carbocycles. The number of nitrogens with one attached hydrogen (secondary N) is 2. The summed E-state index contributed by atoms with van der Waals surface area (Å²) in [6.45, 7) is 8.29. The summed E-state index contributed by atoms with van der Waals surface area (Å²) in [7, 11) is 1.62. The average Bonchev–Trinajstić information content (AvgIpc) is 3.23. The van der Waals surface area contributed by atoms with Gasteiger partial charge in [0.1, 0.15) is 11.6 Å². The standard InChI is InChI=1S/C26H34N4O2/c1-5-30(6-2)24-16-22-21(27-25(28-22)19-9-7-8-17(3)14-19)15-23(24)29-26(31)18-10-12-20(32-4)13-11-18/h10-13,15-17,19H,5-9,14H2,1-4H3,(H,27,28)(H,29,31)/t17-,19?/m1/s1. The average molecular weight is 435 g/mol. The first-order valence-electron chi connectivity index (χ1n) is 11.8. The first kappa shape index (κ1) is 22.2. The van der Waals surface area contributed by atoms with Gasteiger partial charge in [0.05, 0.1) is 29.5 Å². The number of aromatic amines is 1. The van der Waals surface area contributed by atoms with E-state index in [1.165, 1.54) is 25.7 Å². The second kappa shape index (κ2) is 9.63. The number of nitrogens with zero attached hydrogens (tertiary/aromatic N) is 2. The Hall–Kier alpha value is -3.02. The number of hydrogen-bond acceptors (Lipinski definition) is 4. The molecule has 1 aliphatic carbocycles. The molecular formula is C26H34N4O2. The number of amides is 1. The third kappa shape index (κ3) is 4.59. The first-order valence-corrected chi connectivity index (χ1v) is 11.8. The summed E-state index contributed by atoms with van der Waals surface area (Å²) in [6.07, 6.45) is 4.94. The van der Waals surface area contributed by atoms with Gasteiger partial charge in [-0.2, -0.15) is 0 Å². The molecular weight excluding hydrogens is 400 g/mol. The number of methoxy groups -OCH3 is 1. The van der Waals surface area contributed by atoms with Gasteiger partial charge in [-0.1, -0.05) is 19.8 Å². The van der Waals surface area contributed by atoms with Gasteiger partial charge in [0, 0.05) is 24.6 Å². The highest BCUT2D eigenvalue weighted by Gasteiger charge is 2.24. The van der Waals surface area contributed by atoms with Gasteiger partial charge in [-0.15, -0.1) is 0 Å². The smallest absolute Gasteiger partial charge is 0.255 e. The predicted molar refractivity (Wildman–Crippen MR) is 131 cm³/mol. The number of benzene rings is 2. The molecule has 6 nitrogen and oxygen atoms in total. The van der Waals surface area contributed by atoms with Gasteiger partial charge in [-0.05, 0) is 69.0 Å². The van der Waals surface area contributed by atoms with E-state index >= 15 is 0 Å². The molecule has 2 N–H and O–H groups in total. The van der Waals surface area contributed by atoms with E-state index in [0.29, 0.717) is 11.5 Å². The topological polar surface area (TPSA) is 70.2 Å². The number of hydrogen-bond donors (Lipinski definition) is 2. The number of fused-ring (bicyclic) bond motifs is 1. The van der Waals surface area contributed by atoms with Crippen LogP contribution in [0.15, 0.2) is 36.4 Å². The zero-order chi connectivity index (χ0) is 22.7. The summed E-state index contributed by atoms with van der Waals surface area (Å²) in [4.78, 5) is 23.8. The van der Waals surface area contributed by atoms with E-state index < -0.39 is 0 Å². The third-order valence-corrected chi connectivity index (χ3v) is 6.65. The third-order valence-electron chi connectivity index (χ3n) is 6.65. The second-order valence-electron chi connectivity index (χ2n) is 8.83. The van der Waals surface area contributed by atoms with Crippen molar-refractivity contribution >= 4 is 28.3 Å². The van der Waals surface area contributed by atoms with E-state index in [1.54, 1.807) is 31.4 Å². The van der Waals surface area contributed by atoms with Gasteiger partial charge in [-0.25, -0.2) is 4.98 Å². The fourth-order valence-corrected chi connectivity index (χ4v) is 4.80. The van der Waals surface area contributed by atoms with Gasteiger partial charge < -0.3 is 19.9 Å². The fraction of sp³-hybridized carbons (Fsp3) is 0.462. The zero-order valence-corrected chi connectivity index (χ0v) is 19.6. The summed E-state index contributed by atoms with van der Waals surface area (Å²) in [5.74, 6) is 2.90. The number of aromatic nitrogens is 2. The van der Waals surface area contributed by atoms with E-state index in [4.69, 9.17) is 9.72 Å². The molecule has 0 aliphatic heterocycles. The van der Waals surface area contributed by atoms with Crippen LogP contribution >= 0.6 is 0 Å². The Labute approximate surface area is 190 Å². The van der Waals surface area contributed by atoms with Crippen LogP contribution in [0.3, 0.4) is 0 Å². The number of carbonyl (C=O) groups excluding carboxylic acids is 1. The molecule has 32 heavy (non-hydrogen) atoms. The summed E-state index contributed by atoms with van der Waals surface area (Å²) < 4.78 is 5.20. The van der Waals surface area contributed by atoms with Crippen molar-refractivity contribution < 1.29 is 9.53 Å². The van der Waals surface area contributed by atoms with Crippen molar-refractivity contribution in [2.75, 3.05) is 30.4 Å². The van der Waals surface area contributed by atoms with Crippen molar-refractivity contribution in [3.8, 4) is 5.75 Å². The number of rotatable bonds is 7. The van der Waals surface area contributed by atoms with Gasteiger partial charge in [0.15, 0.2) is 0 Å². The Balaban J connectivity index is 1.68. The van der Waals surface area contributed by atoms with Crippen molar-refractivity contribution in [3.63, 3.8) is 0 Å². The van der Waals surface area contributed by atoms with Gasteiger partial charge in [-0.3, -0.25) is 4.79 Å². The molecule has 1 fully saturated rings. The lowest BCUT2D eigenvalue weighted by Crippen LogP contribution is -2.24. The van der Waals surface area contributed by atoms with Crippen molar-refractivity contribution in [3.05, 3.63) is 47.8 Å². The lowest BCUT2D eigenvalue weighted by atomic mass is 9.82. The van der Waals surface area contributed by atoms with Crippen LogP contribution in [0.4, 0.5) is 11.4 Å². The van der Waals surface area contributed by atoms with E-state index in [-0.39, 0.29) is 5.91 Å². The van der Waals surface area contributed by atoms with Crippen molar-refractivity contribution in [2.24, 2.45) is 5.92 Å². The van der Waals surface area contributed by atoms with Crippen LogP contribution in [0.1, 0.15) is 68.6 Å². The fourth-order valence-electron chi connectivity index (χ4n) is 4.80. The lowest BCUT2D eigenvalue weighted by molar-refractivity contribution is 0.102. The highest BCUT2D eigenvalue weighted by molar-refractivity contribution is 6.07. The zero-order valence-electron chi connectivity index (χ0n) is 19.6. The summed E-state index contributed by atoms with van der Waals surface area (Å²) >= 11 is 0. The van der Waals surface area contributed by atoms with Crippen LogP contribution in [0.25, 0.3) is 11.0 Å². The monoisotopic (exact) mass is 434 g/mol. The number of ether oxygens (including phenoxy) is 1. The Morgan fingerprint density at radius 3 is 2.59 bits per heavy atom. The minimum atomic E-state index is -0.138. The molecule has 0 saturated heterocycles. The first-order chi connectivity index (χ1) is 15.5. The molecule has 170 valence electrons. The van der Waals surface area contributed by atoms with E-state index in [9.17, 15) is 4.79 Å². The Morgan fingerprint density at radius 1 is 1.19 bits per heavy atom. The molecule has 4 rings (SSSR count). The second-order valence-corrected chi connectivity index (χ2v) is 8.83. The summed E-state index contributed by atoms with van der Waals surface area (Å²) in [6, 6.07) is 11.3. The SMILES string of the molecule is CCN(CC)c1cc2nc(C3CCC[C@@H](C)C3)[nH]c2cc1NC(=O)c1ccc(OC)cc1. The summed E-state index contributed by atoms with van der Waals surface area (Å²) in [5.41, 5.74) is 4.33.